The van der Waals surface area contributed by atoms with Crippen LogP contribution in [0.4, 0.5) is 10.1 Å². The third-order valence-corrected chi connectivity index (χ3v) is 7.57. The highest BCUT2D eigenvalue weighted by atomic mass is 19.1. The van der Waals surface area contributed by atoms with Gasteiger partial charge >= 0.3 is 0 Å². The molecule has 0 radical (unpaired) electrons. The summed E-state index contributed by atoms with van der Waals surface area (Å²) in [5.41, 5.74) is 1.95. The number of ketones is 1. The number of carbonyl (C=O) groups is 2. The number of benzene rings is 3. The van der Waals surface area contributed by atoms with Crippen molar-refractivity contribution in [3.8, 4) is 11.5 Å². The fourth-order valence-electron chi connectivity index (χ4n) is 5.42. The number of carbonyl (C=O) groups excluding carboxylic acids is 2. The van der Waals surface area contributed by atoms with Crippen molar-refractivity contribution in [1.29, 1.82) is 0 Å². The van der Waals surface area contributed by atoms with E-state index in [0.717, 1.165) is 25.7 Å². The number of hydrogen-bond donors (Lipinski definition) is 1. The van der Waals surface area contributed by atoms with E-state index in [-0.39, 0.29) is 41.8 Å². The van der Waals surface area contributed by atoms with E-state index in [1.165, 1.54) is 17.7 Å². The summed E-state index contributed by atoms with van der Waals surface area (Å²) in [4.78, 5) is 26.6. The lowest BCUT2D eigenvalue weighted by atomic mass is 9.85. The number of hydrogen-bond acceptors (Lipinski definition) is 5. The molecule has 0 spiro atoms. The van der Waals surface area contributed by atoms with Crippen LogP contribution in [0.5, 0.6) is 11.5 Å². The normalized spacial score (nSPS) is 19.0. The Morgan fingerprint density at radius 1 is 0.900 bits per heavy atom. The Morgan fingerprint density at radius 2 is 1.57 bits per heavy atom. The predicted molar refractivity (Wildman–Crippen MR) is 150 cm³/mol. The Labute approximate surface area is 233 Å². The lowest BCUT2D eigenvalue weighted by Crippen LogP contribution is -2.24. The molecular weight excluding hydrogens is 507 g/mol. The van der Waals surface area contributed by atoms with E-state index in [0.29, 0.717) is 30.0 Å². The van der Waals surface area contributed by atoms with Crippen LogP contribution in [0.1, 0.15) is 37.7 Å². The van der Waals surface area contributed by atoms with Gasteiger partial charge in [0.05, 0.1) is 6.20 Å². The average Bonchev–Trinajstić information content (AvgIpc) is 3.38. The fourth-order valence-corrected chi connectivity index (χ4v) is 5.42. The largest absolute Gasteiger partial charge is 0.457 e. The molecule has 1 fully saturated rings. The van der Waals surface area contributed by atoms with Crippen molar-refractivity contribution in [2.45, 2.75) is 45.1 Å². The molecule has 0 saturated heterocycles. The van der Waals surface area contributed by atoms with Gasteiger partial charge in [0.15, 0.2) is 5.78 Å². The Hall–Kier alpha value is -4.33. The summed E-state index contributed by atoms with van der Waals surface area (Å²) < 4.78 is 20.5. The molecule has 8 heteroatoms. The minimum absolute atomic E-state index is 0.0266. The average molecular weight is 541 g/mol. The molecule has 1 amide bonds. The van der Waals surface area contributed by atoms with Crippen molar-refractivity contribution in [2.24, 2.45) is 17.8 Å². The Balaban J connectivity index is 1.22. The number of nitrogens with one attached hydrogen (secondary N) is 1. The zero-order chi connectivity index (χ0) is 27.7. The van der Waals surface area contributed by atoms with Gasteiger partial charge in [0.2, 0.25) is 5.91 Å². The maximum atomic E-state index is 13.4. The van der Waals surface area contributed by atoms with Crippen LogP contribution in [0.3, 0.4) is 0 Å². The minimum Gasteiger partial charge on any atom is -0.457 e. The monoisotopic (exact) mass is 540 g/mol. The molecule has 3 aromatic carbocycles. The number of halogens is 1. The molecule has 1 N–H and O–H groups in total. The molecule has 1 aromatic heterocycles. The second-order valence-electron chi connectivity index (χ2n) is 10.5. The van der Waals surface area contributed by atoms with Gasteiger partial charge < -0.3 is 10.1 Å². The van der Waals surface area contributed by atoms with Crippen molar-refractivity contribution in [2.75, 3.05) is 5.32 Å². The second-order valence-corrected chi connectivity index (χ2v) is 10.5. The number of aromatic nitrogens is 3. The molecule has 0 bridgehead atoms. The summed E-state index contributed by atoms with van der Waals surface area (Å²) in [6.07, 6.45) is 7.98. The summed E-state index contributed by atoms with van der Waals surface area (Å²) in [5, 5.41) is 10.8. The first-order chi connectivity index (χ1) is 19.5. The first-order valence-electron chi connectivity index (χ1n) is 13.8. The van der Waals surface area contributed by atoms with Gasteiger partial charge in [-0.2, -0.15) is 0 Å². The van der Waals surface area contributed by atoms with Crippen LogP contribution in [-0.4, -0.2) is 26.7 Å². The highest BCUT2D eigenvalue weighted by Crippen LogP contribution is 2.35. The van der Waals surface area contributed by atoms with Gasteiger partial charge in [-0.25, -0.2) is 9.07 Å². The van der Waals surface area contributed by atoms with Crippen LogP contribution in [0.2, 0.25) is 0 Å². The quantitative estimate of drug-likeness (QED) is 0.233. The van der Waals surface area contributed by atoms with E-state index in [9.17, 15) is 14.0 Å². The summed E-state index contributed by atoms with van der Waals surface area (Å²) in [5.74, 6) is 0.895. The molecule has 1 heterocycles. The Morgan fingerprint density at radius 3 is 2.27 bits per heavy atom. The number of aryl methyl sites for hydroxylation is 1. The van der Waals surface area contributed by atoms with Gasteiger partial charge in [0.1, 0.15) is 23.9 Å². The van der Waals surface area contributed by atoms with Crippen LogP contribution in [0, 0.1) is 23.6 Å². The second kappa shape index (κ2) is 13.2. The minimum atomic E-state index is -0.322. The molecule has 3 atom stereocenters. The van der Waals surface area contributed by atoms with Crippen LogP contribution in [0.25, 0.3) is 0 Å². The van der Waals surface area contributed by atoms with Gasteiger partial charge in [-0.15, -0.1) is 5.10 Å². The van der Waals surface area contributed by atoms with Crippen molar-refractivity contribution < 1.29 is 18.7 Å². The maximum absolute atomic E-state index is 13.4. The molecule has 1 saturated carbocycles. The zero-order valence-corrected chi connectivity index (χ0v) is 22.3. The fraction of sp³-hybridized carbons (Fsp3) is 0.312. The summed E-state index contributed by atoms with van der Waals surface area (Å²) in [6, 6.07) is 23.3. The summed E-state index contributed by atoms with van der Waals surface area (Å²) in [7, 11) is 0. The van der Waals surface area contributed by atoms with Gasteiger partial charge in [-0.05, 0) is 98.5 Å². The predicted octanol–water partition coefficient (Wildman–Crippen LogP) is 6.47. The van der Waals surface area contributed by atoms with Crippen molar-refractivity contribution in [1.82, 2.24) is 15.0 Å². The zero-order valence-electron chi connectivity index (χ0n) is 22.3. The molecule has 1 aliphatic carbocycles. The first kappa shape index (κ1) is 27.2. The molecular formula is C32H33FN4O3. The Kier molecular flexibility index (Phi) is 8.96. The molecule has 5 rings (SSSR count). The van der Waals surface area contributed by atoms with Crippen molar-refractivity contribution >= 4 is 17.4 Å². The third-order valence-electron chi connectivity index (χ3n) is 7.57. The molecule has 0 aliphatic heterocycles. The van der Waals surface area contributed by atoms with Gasteiger partial charge in [-0.3, -0.25) is 9.59 Å². The molecule has 4 aromatic rings. The highest BCUT2D eigenvalue weighted by molar-refractivity contribution is 5.92. The number of nitrogens with zero attached hydrogens (tertiary/aromatic N) is 3. The number of Topliss-reactive ketones (excluding diaryl/α,β-unsaturated/α-hetero) is 1. The van der Waals surface area contributed by atoms with Crippen molar-refractivity contribution in [3.05, 3.63) is 103 Å². The van der Waals surface area contributed by atoms with E-state index in [1.54, 1.807) is 53.5 Å². The molecule has 1 aliphatic rings. The smallest absolute Gasteiger partial charge is 0.227 e. The number of anilines is 1. The number of amides is 1. The van der Waals surface area contributed by atoms with E-state index in [4.69, 9.17) is 4.74 Å². The lowest BCUT2D eigenvalue weighted by molar-refractivity contribution is -0.124. The van der Waals surface area contributed by atoms with E-state index < -0.39 is 0 Å². The van der Waals surface area contributed by atoms with E-state index in [2.05, 4.69) is 27.8 Å². The standard InChI is InChI=1S/C32H33FN4O3/c33-27-10-14-29(15-11-27)40-30-16-12-28(13-17-30)35-32(39)26-9-8-25(31(38)22-37-19-18-34-36-37)20-24(21-26)7-6-23-4-2-1-3-5-23/h1-5,10-19,24-26H,6-9,20-22H2,(H,35,39). The molecule has 7 nitrogen and oxygen atoms in total. The van der Waals surface area contributed by atoms with Gasteiger partial charge in [0.25, 0.3) is 0 Å². The lowest BCUT2D eigenvalue weighted by Gasteiger charge is -2.21. The highest BCUT2D eigenvalue weighted by Gasteiger charge is 2.32. The maximum Gasteiger partial charge on any atom is 0.227 e. The number of ether oxygens (including phenoxy) is 1. The molecule has 3 unspecified atom stereocenters. The van der Waals surface area contributed by atoms with Crippen LogP contribution in [-0.2, 0) is 22.6 Å². The number of rotatable bonds is 10. The summed E-state index contributed by atoms with van der Waals surface area (Å²) >= 11 is 0. The molecule has 40 heavy (non-hydrogen) atoms. The third kappa shape index (κ3) is 7.62. The van der Waals surface area contributed by atoms with Crippen LogP contribution >= 0.6 is 0 Å². The van der Waals surface area contributed by atoms with Gasteiger partial charge in [-0.1, -0.05) is 35.5 Å². The Bertz CT molecular complexity index is 1380. The van der Waals surface area contributed by atoms with Gasteiger partial charge in [0, 0.05) is 23.7 Å². The van der Waals surface area contributed by atoms with Crippen molar-refractivity contribution in [3.63, 3.8) is 0 Å². The summed E-state index contributed by atoms with van der Waals surface area (Å²) in [6.45, 7) is 0.208. The SMILES string of the molecule is O=C(Cn1ccnn1)C1CCC(C(=O)Nc2ccc(Oc3ccc(F)cc3)cc2)CC(CCc2ccccc2)C1. The van der Waals surface area contributed by atoms with Crippen LogP contribution < -0.4 is 10.1 Å². The van der Waals surface area contributed by atoms with E-state index in [1.807, 2.05) is 18.2 Å². The first-order valence-corrected chi connectivity index (χ1v) is 13.8. The van der Waals surface area contributed by atoms with Crippen LogP contribution in [0.15, 0.2) is 91.3 Å². The van der Waals surface area contributed by atoms with E-state index >= 15 is 0 Å². The topological polar surface area (TPSA) is 86.1 Å². The molecule has 206 valence electrons.